The minimum atomic E-state index is 0.0624. The molecule has 1 heterocycles. The van der Waals surface area contributed by atoms with Gasteiger partial charge in [-0.2, -0.15) is 0 Å². The van der Waals surface area contributed by atoms with Gasteiger partial charge < -0.3 is 4.90 Å². The first-order valence-electron chi connectivity index (χ1n) is 7.64. The predicted octanol–water partition coefficient (Wildman–Crippen LogP) is 2.37. The van der Waals surface area contributed by atoms with E-state index in [-0.39, 0.29) is 12.2 Å². The summed E-state index contributed by atoms with van der Waals surface area (Å²) in [6, 6.07) is 0.0624. The third-order valence-corrected chi connectivity index (χ3v) is 5.15. The monoisotopic (exact) mass is 250 g/mol. The van der Waals surface area contributed by atoms with Crippen LogP contribution in [0.4, 0.5) is 0 Å². The molecule has 0 aromatic heterocycles. The molecule has 3 rings (SSSR count). The quantitative estimate of drug-likeness (QED) is 0.812. The summed E-state index contributed by atoms with van der Waals surface area (Å²) in [5.74, 6) is 1.78. The molecule has 0 bridgehead atoms. The Morgan fingerprint density at radius 2 is 2.06 bits per heavy atom. The third kappa shape index (κ3) is 1.97. The zero-order valence-corrected chi connectivity index (χ0v) is 11.9. The van der Waals surface area contributed by atoms with Crippen molar-refractivity contribution < 1.29 is 4.79 Å². The second-order valence-electron chi connectivity index (χ2n) is 6.92. The molecule has 3 fully saturated rings. The molecule has 1 aliphatic heterocycles. The first-order chi connectivity index (χ1) is 8.57. The SMILES string of the molecule is CCC1NC(C(C)C)N(CC2(C3CC3)CC2)C1=O. The van der Waals surface area contributed by atoms with Crippen molar-refractivity contribution in [2.75, 3.05) is 6.54 Å². The maximum atomic E-state index is 12.5. The molecule has 2 saturated carbocycles. The van der Waals surface area contributed by atoms with Gasteiger partial charge in [0.1, 0.15) is 0 Å². The van der Waals surface area contributed by atoms with Crippen LogP contribution in [-0.4, -0.2) is 29.6 Å². The lowest BCUT2D eigenvalue weighted by Gasteiger charge is -2.31. The number of hydrogen-bond acceptors (Lipinski definition) is 2. The number of amides is 1. The number of nitrogens with zero attached hydrogens (tertiary/aromatic N) is 1. The molecule has 0 radical (unpaired) electrons. The molecule has 0 spiro atoms. The number of rotatable bonds is 5. The van der Waals surface area contributed by atoms with Gasteiger partial charge >= 0.3 is 0 Å². The first kappa shape index (κ1) is 12.5. The normalized spacial score (nSPS) is 34.4. The fourth-order valence-electron chi connectivity index (χ4n) is 3.62. The fourth-order valence-corrected chi connectivity index (χ4v) is 3.62. The summed E-state index contributed by atoms with van der Waals surface area (Å²) < 4.78 is 0. The molecule has 2 unspecified atom stereocenters. The van der Waals surface area contributed by atoms with Crippen LogP contribution in [-0.2, 0) is 4.79 Å². The number of hydrogen-bond donors (Lipinski definition) is 1. The highest BCUT2D eigenvalue weighted by Gasteiger charge is 2.56. The van der Waals surface area contributed by atoms with Crippen molar-refractivity contribution in [3.63, 3.8) is 0 Å². The fraction of sp³-hybridized carbons (Fsp3) is 0.933. The Balaban J connectivity index is 1.73. The van der Waals surface area contributed by atoms with Crippen LogP contribution in [0.25, 0.3) is 0 Å². The zero-order valence-electron chi connectivity index (χ0n) is 11.9. The van der Waals surface area contributed by atoms with E-state index >= 15 is 0 Å². The predicted molar refractivity (Wildman–Crippen MR) is 71.9 cm³/mol. The molecule has 1 N–H and O–H groups in total. The Morgan fingerprint density at radius 3 is 2.50 bits per heavy atom. The van der Waals surface area contributed by atoms with Crippen LogP contribution in [0, 0.1) is 17.3 Å². The highest BCUT2D eigenvalue weighted by molar-refractivity contribution is 5.84. The van der Waals surface area contributed by atoms with Crippen LogP contribution in [0.5, 0.6) is 0 Å². The van der Waals surface area contributed by atoms with Gasteiger partial charge in [0.15, 0.2) is 0 Å². The molecular weight excluding hydrogens is 224 g/mol. The van der Waals surface area contributed by atoms with Crippen molar-refractivity contribution in [2.24, 2.45) is 17.3 Å². The largest absolute Gasteiger partial charge is 0.325 e. The van der Waals surface area contributed by atoms with Gasteiger partial charge in [-0.3, -0.25) is 10.1 Å². The molecule has 1 amide bonds. The molecule has 3 heteroatoms. The minimum absolute atomic E-state index is 0.0624. The van der Waals surface area contributed by atoms with E-state index in [1.165, 1.54) is 25.7 Å². The highest BCUT2D eigenvalue weighted by atomic mass is 16.2. The van der Waals surface area contributed by atoms with Gasteiger partial charge in [0.2, 0.25) is 5.91 Å². The Bertz CT molecular complexity index is 344. The molecule has 0 aromatic carbocycles. The molecular formula is C15H26N2O. The second kappa shape index (κ2) is 4.22. The number of carbonyl (C=O) groups is 1. The van der Waals surface area contributed by atoms with Crippen molar-refractivity contribution >= 4 is 5.91 Å². The van der Waals surface area contributed by atoms with Crippen molar-refractivity contribution in [3.8, 4) is 0 Å². The number of carbonyl (C=O) groups excluding carboxylic acids is 1. The Morgan fingerprint density at radius 1 is 1.39 bits per heavy atom. The van der Waals surface area contributed by atoms with E-state index in [0.29, 0.717) is 17.2 Å². The van der Waals surface area contributed by atoms with Gasteiger partial charge in [-0.25, -0.2) is 0 Å². The first-order valence-corrected chi connectivity index (χ1v) is 7.64. The third-order valence-electron chi connectivity index (χ3n) is 5.15. The second-order valence-corrected chi connectivity index (χ2v) is 6.92. The lowest BCUT2D eigenvalue weighted by atomic mass is 9.98. The average molecular weight is 250 g/mol. The van der Waals surface area contributed by atoms with Gasteiger partial charge in [-0.05, 0) is 49.4 Å². The van der Waals surface area contributed by atoms with Gasteiger partial charge in [-0.1, -0.05) is 20.8 Å². The van der Waals surface area contributed by atoms with Gasteiger partial charge in [0.05, 0.1) is 12.2 Å². The molecule has 3 nitrogen and oxygen atoms in total. The van der Waals surface area contributed by atoms with Gasteiger partial charge in [-0.15, -0.1) is 0 Å². The summed E-state index contributed by atoms with van der Waals surface area (Å²) >= 11 is 0. The lowest BCUT2D eigenvalue weighted by Crippen LogP contribution is -2.44. The molecule has 0 aromatic rings. The highest BCUT2D eigenvalue weighted by Crippen LogP contribution is 2.61. The van der Waals surface area contributed by atoms with E-state index in [0.717, 1.165) is 18.9 Å². The maximum absolute atomic E-state index is 12.5. The standard InChI is InChI=1S/C15H26N2O/c1-4-12-14(18)17(13(16-12)10(2)3)9-15(7-8-15)11-5-6-11/h10-13,16H,4-9H2,1-3H3. The van der Waals surface area contributed by atoms with Crippen molar-refractivity contribution in [3.05, 3.63) is 0 Å². The summed E-state index contributed by atoms with van der Waals surface area (Å²) in [5.41, 5.74) is 0.521. The molecule has 18 heavy (non-hydrogen) atoms. The summed E-state index contributed by atoms with van der Waals surface area (Å²) in [6.45, 7) is 7.55. The Hall–Kier alpha value is -0.570. The molecule has 3 aliphatic rings. The van der Waals surface area contributed by atoms with E-state index in [1.54, 1.807) is 0 Å². The summed E-state index contributed by atoms with van der Waals surface area (Å²) in [4.78, 5) is 14.6. The van der Waals surface area contributed by atoms with E-state index in [2.05, 4.69) is 31.0 Å². The molecule has 102 valence electrons. The lowest BCUT2D eigenvalue weighted by molar-refractivity contribution is -0.131. The average Bonchev–Trinajstić information content (AvgIpc) is 3.20. The molecule has 1 saturated heterocycles. The maximum Gasteiger partial charge on any atom is 0.241 e. The minimum Gasteiger partial charge on any atom is -0.325 e. The van der Waals surface area contributed by atoms with Crippen LogP contribution >= 0.6 is 0 Å². The van der Waals surface area contributed by atoms with Crippen molar-refractivity contribution in [1.82, 2.24) is 10.2 Å². The van der Waals surface area contributed by atoms with E-state index in [4.69, 9.17) is 0 Å². The Labute approximate surface area is 110 Å². The number of nitrogens with one attached hydrogen (secondary N) is 1. The van der Waals surface area contributed by atoms with Crippen LogP contribution in [0.15, 0.2) is 0 Å². The zero-order chi connectivity index (χ0) is 12.9. The summed E-state index contributed by atoms with van der Waals surface area (Å²) in [6.07, 6.45) is 6.68. The van der Waals surface area contributed by atoms with E-state index in [9.17, 15) is 4.79 Å². The van der Waals surface area contributed by atoms with Crippen molar-refractivity contribution in [2.45, 2.75) is 65.1 Å². The van der Waals surface area contributed by atoms with Crippen LogP contribution < -0.4 is 5.32 Å². The topological polar surface area (TPSA) is 32.3 Å². The Kier molecular flexibility index (Phi) is 2.92. The molecule has 2 aliphatic carbocycles. The van der Waals surface area contributed by atoms with Crippen LogP contribution in [0.3, 0.4) is 0 Å². The summed E-state index contributed by atoms with van der Waals surface area (Å²) in [7, 11) is 0. The smallest absolute Gasteiger partial charge is 0.241 e. The van der Waals surface area contributed by atoms with Gasteiger partial charge in [0, 0.05) is 6.54 Å². The molecule has 2 atom stereocenters. The van der Waals surface area contributed by atoms with Crippen LogP contribution in [0.1, 0.15) is 52.9 Å². The summed E-state index contributed by atoms with van der Waals surface area (Å²) in [5, 5.41) is 3.53. The van der Waals surface area contributed by atoms with Gasteiger partial charge in [0.25, 0.3) is 0 Å². The van der Waals surface area contributed by atoms with E-state index < -0.39 is 0 Å². The van der Waals surface area contributed by atoms with Crippen molar-refractivity contribution in [1.29, 1.82) is 0 Å². The van der Waals surface area contributed by atoms with Crippen LogP contribution in [0.2, 0.25) is 0 Å². The van der Waals surface area contributed by atoms with E-state index in [1.807, 2.05) is 0 Å².